The predicted molar refractivity (Wildman–Crippen MR) is 171 cm³/mol. The summed E-state index contributed by atoms with van der Waals surface area (Å²) >= 11 is 12.2. The van der Waals surface area contributed by atoms with Crippen molar-refractivity contribution in [1.82, 2.24) is 4.98 Å². The molecular weight excluding hydrogens is 583 g/mol. The van der Waals surface area contributed by atoms with Crippen LogP contribution in [0.1, 0.15) is 40.5 Å². The molecule has 0 radical (unpaired) electrons. The SMILES string of the molecule is C[C@H](OC(=O)c1c2c(nc3ccccc13)/C(=C/c1cccc(Oc3ccccc3)c1)CC2)C(=O)Nc1ccc(Cl)cc1Cl. The van der Waals surface area contributed by atoms with E-state index in [9.17, 15) is 9.59 Å². The second-order valence-electron chi connectivity index (χ2n) is 10.1. The van der Waals surface area contributed by atoms with Gasteiger partial charge in [-0.15, -0.1) is 0 Å². The molecule has 214 valence electrons. The van der Waals surface area contributed by atoms with E-state index in [0.717, 1.165) is 33.9 Å². The number of halogens is 2. The van der Waals surface area contributed by atoms with Gasteiger partial charge in [-0.2, -0.15) is 0 Å². The van der Waals surface area contributed by atoms with Crippen molar-refractivity contribution in [3.8, 4) is 11.5 Å². The van der Waals surface area contributed by atoms with Crippen molar-refractivity contribution in [2.24, 2.45) is 0 Å². The van der Waals surface area contributed by atoms with Crippen LogP contribution >= 0.6 is 23.2 Å². The standard InChI is InChI=1S/C35H26Cl2N2O4/c1-21(34(40)39-31-17-15-24(36)20-29(31)37)42-35(41)32-27-12-5-6-13-30(27)38-33-23(14-16-28(32)33)18-22-8-7-11-26(19-22)43-25-9-3-2-4-10-25/h2-13,15,17-21H,14,16H2,1H3,(H,39,40)/b23-18+/t21-/m0/s1. The predicted octanol–water partition coefficient (Wildman–Crippen LogP) is 9.00. The van der Waals surface area contributed by atoms with Crippen molar-refractivity contribution in [3.63, 3.8) is 0 Å². The molecule has 1 aliphatic rings. The van der Waals surface area contributed by atoms with E-state index in [-0.39, 0.29) is 5.02 Å². The van der Waals surface area contributed by atoms with Gasteiger partial charge in [-0.3, -0.25) is 4.79 Å². The van der Waals surface area contributed by atoms with Gasteiger partial charge in [0.15, 0.2) is 6.10 Å². The lowest BCUT2D eigenvalue weighted by atomic mass is 10.0. The first kappa shape index (κ1) is 28.5. The maximum atomic E-state index is 13.7. The van der Waals surface area contributed by atoms with Crippen LogP contribution in [0.25, 0.3) is 22.6 Å². The lowest BCUT2D eigenvalue weighted by Crippen LogP contribution is -2.30. The molecular formula is C35H26Cl2N2O4. The van der Waals surface area contributed by atoms with E-state index in [4.69, 9.17) is 37.7 Å². The summed E-state index contributed by atoms with van der Waals surface area (Å²) in [6.45, 7) is 1.52. The zero-order valence-corrected chi connectivity index (χ0v) is 24.7. The first-order valence-corrected chi connectivity index (χ1v) is 14.5. The Kier molecular flexibility index (Phi) is 8.14. The van der Waals surface area contributed by atoms with Gasteiger partial charge in [0.05, 0.1) is 27.5 Å². The maximum Gasteiger partial charge on any atom is 0.339 e. The summed E-state index contributed by atoms with van der Waals surface area (Å²) in [6.07, 6.45) is 2.32. The van der Waals surface area contributed by atoms with Crippen molar-refractivity contribution in [2.45, 2.75) is 25.9 Å². The number of aromatic nitrogens is 1. The Morgan fingerprint density at radius 2 is 1.65 bits per heavy atom. The second-order valence-corrected chi connectivity index (χ2v) is 11.0. The molecule has 0 aliphatic heterocycles. The quantitative estimate of drug-likeness (QED) is 0.186. The highest BCUT2D eigenvalue weighted by Crippen LogP contribution is 2.38. The minimum atomic E-state index is -1.08. The molecule has 1 aliphatic carbocycles. The number of nitrogens with zero attached hydrogens (tertiary/aromatic N) is 1. The molecule has 6 nitrogen and oxygen atoms in total. The smallest absolute Gasteiger partial charge is 0.339 e. The summed E-state index contributed by atoms with van der Waals surface area (Å²) in [5, 5.41) is 4.11. The first-order chi connectivity index (χ1) is 20.9. The van der Waals surface area contributed by atoms with Crippen molar-refractivity contribution in [3.05, 3.63) is 129 Å². The van der Waals surface area contributed by atoms with Crippen molar-refractivity contribution in [1.29, 1.82) is 0 Å². The Bertz CT molecular complexity index is 1890. The van der Waals surface area contributed by atoms with Gasteiger partial charge in [0.1, 0.15) is 11.5 Å². The molecule has 1 amide bonds. The van der Waals surface area contributed by atoms with Gasteiger partial charge < -0.3 is 14.8 Å². The number of carbonyl (C=O) groups excluding carboxylic acids is 2. The van der Waals surface area contributed by atoms with E-state index in [2.05, 4.69) is 11.4 Å². The number of rotatable bonds is 7. The molecule has 1 N–H and O–H groups in total. The minimum absolute atomic E-state index is 0.286. The van der Waals surface area contributed by atoms with E-state index in [0.29, 0.717) is 40.0 Å². The number of fused-ring (bicyclic) bond motifs is 2. The molecule has 1 aromatic heterocycles. The van der Waals surface area contributed by atoms with Crippen molar-refractivity contribution < 1.29 is 19.1 Å². The Morgan fingerprint density at radius 3 is 2.47 bits per heavy atom. The maximum absolute atomic E-state index is 13.7. The third kappa shape index (κ3) is 6.26. The zero-order valence-electron chi connectivity index (χ0n) is 23.1. The van der Waals surface area contributed by atoms with Gasteiger partial charge in [0.25, 0.3) is 5.91 Å². The highest BCUT2D eigenvalue weighted by Gasteiger charge is 2.29. The van der Waals surface area contributed by atoms with E-state index in [1.54, 1.807) is 12.1 Å². The normalized spacial score (nSPS) is 13.9. The molecule has 0 saturated heterocycles. The fourth-order valence-corrected chi connectivity index (χ4v) is 5.56. The van der Waals surface area contributed by atoms with E-state index < -0.39 is 18.0 Å². The lowest BCUT2D eigenvalue weighted by Gasteiger charge is -2.17. The van der Waals surface area contributed by atoms with Gasteiger partial charge in [-0.05, 0) is 91.1 Å². The van der Waals surface area contributed by atoms with E-state index >= 15 is 0 Å². The number of amides is 1. The number of esters is 1. The topological polar surface area (TPSA) is 77.5 Å². The summed E-state index contributed by atoms with van der Waals surface area (Å²) in [6, 6.07) is 29.6. The van der Waals surface area contributed by atoms with Gasteiger partial charge >= 0.3 is 5.97 Å². The molecule has 1 atom stereocenters. The Hall–Kier alpha value is -4.65. The van der Waals surface area contributed by atoms with Crippen LogP contribution in [0.2, 0.25) is 10.0 Å². The molecule has 0 spiro atoms. The summed E-state index contributed by atoms with van der Waals surface area (Å²) in [5.41, 5.74) is 5.00. The zero-order chi connectivity index (χ0) is 29.9. The number of para-hydroxylation sites is 2. The number of carbonyl (C=O) groups is 2. The van der Waals surface area contributed by atoms with Crippen LogP contribution in [-0.4, -0.2) is 23.0 Å². The van der Waals surface area contributed by atoms with Crippen LogP contribution in [0.3, 0.4) is 0 Å². The molecule has 0 fully saturated rings. The number of hydrogen-bond acceptors (Lipinski definition) is 5. The van der Waals surface area contributed by atoms with Gasteiger partial charge in [-0.25, -0.2) is 9.78 Å². The largest absolute Gasteiger partial charge is 0.457 e. The molecule has 1 heterocycles. The lowest BCUT2D eigenvalue weighted by molar-refractivity contribution is -0.123. The van der Waals surface area contributed by atoms with Gasteiger partial charge in [0.2, 0.25) is 0 Å². The van der Waals surface area contributed by atoms with Crippen LogP contribution in [-0.2, 0) is 16.0 Å². The third-order valence-corrected chi connectivity index (χ3v) is 7.71. The molecule has 4 aromatic carbocycles. The monoisotopic (exact) mass is 608 g/mol. The number of ether oxygens (including phenoxy) is 2. The van der Waals surface area contributed by atoms with Crippen LogP contribution in [0, 0.1) is 0 Å². The second kappa shape index (κ2) is 12.3. The van der Waals surface area contributed by atoms with Crippen molar-refractivity contribution >= 4 is 63.3 Å². The number of anilines is 1. The Balaban J connectivity index is 1.28. The fourth-order valence-electron chi connectivity index (χ4n) is 5.10. The summed E-state index contributed by atoms with van der Waals surface area (Å²) in [7, 11) is 0. The van der Waals surface area contributed by atoms with Crippen molar-refractivity contribution in [2.75, 3.05) is 5.32 Å². The Morgan fingerprint density at radius 1 is 0.884 bits per heavy atom. The van der Waals surface area contributed by atoms with E-state index in [1.165, 1.54) is 13.0 Å². The Labute approximate surface area is 258 Å². The molecule has 0 saturated carbocycles. The highest BCUT2D eigenvalue weighted by molar-refractivity contribution is 6.36. The molecule has 0 bridgehead atoms. The van der Waals surface area contributed by atoms with Crippen LogP contribution in [0.4, 0.5) is 5.69 Å². The molecule has 8 heteroatoms. The summed E-state index contributed by atoms with van der Waals surface area (Å²) < 4.78 is 11.7. The molecule has 5 aromatic rings. The van der Waals surface area contributed by atoms with Gasteiger partial charge in [-0.1, -0.05) is 71.7 Å². The third-order valence-electron chi connectivity index (χ3n) is 7.17. The molecule has 43 heavy (non-hydrogen) atoms. The average molecular weight is 610 g/mol. The fraction of sp³-hybridized carbons (Fsp3) is 0.114. The molecule has 6 rings (SSSR count). The van der Waals surface area contributed by atoms with Crippen LogP contribution < -0.4 is 10.1 Å². The average Bonchev–Trinajstić information content (AvgIpc) is 3.39. The number of hydrogen-bond donors (Lipinski definition) is 1. The summed E-state index contributed by atoms with van der Waals surface area (Å²) in [4.78, 5) is 31.5. The van der Waals surface area contributed by atoms with Crippen LogP contribution in [0.5, 0.6) is 11.5 Å². The highest BCUT2D eigenvalue weighted by atomic mass is 35.5. The van der Waals surface area contributed by atoms with Crippen LogP contribution in [0.15, 0.2) is 97.1 Å². The number of nitrogens with one attached hydrogen (secondary N) is 1. The van der Waals surface area contributed by atoms with Gasteiger partial charge in [0, 0.05) is 10.4 Å². The van der Waals surface area contributed by atoms with E-state index in [1.807, 2.05) is 78.9 Å². The number of benzene rings is 4. The minimum Gasteiger partial charge on any atom is -0.457 e. The first-order valence-electron chi connectivity index (χ1n) is 13.8. The molecule has 0 unspecified atom stereocenters. The summed E-state index contributed by atoms with van der Waals surface area (Å²) in [5.74, 6) is 0.389. The number of pyridine rings is 1. The number of allylic oxidation sites excluding steroid dienone is 1.